The Balaban J connectivity index is 1.97. The maximum absolute atomic E-state index is 14.5. The zero-order valence-corrected chi connectivity index (χ0v) is 13.0. The van der Waals surface area contributed by atoms with Crippen molar-refractivity contribution in [2.24, 2.45) is 11.8 Å². The zero-order valence-electron chi connectivity index (χ0n) is 11.4. The molecule has 2 fully saturated rings. The van der Waals surface area contributed by atoms with Crippen LogP contribution in [0.15, 0.2) is 16.6 Å². The summed E-state index contributed by atoms with van der Waals surface area (Å²) < 4.78 is 14.8. The lowest BCUT2D eigenvalue weighted by Crippen LogP contribution is -2.35. The summed E-state index contributed by atoms with van der Waals surface area (Å²) in [5.74, 6) is 0.901. The Morgan fingerprint density at radius 2 is 2.30 bits per heavy atom. The Bertz CT molecular complexity index is 569. The molecule has 3 unspecified atom stereocenters. The van der Waals surface area contributed by atoms with E-state index in [9.17, 15) is 4.39 Å². The highest BCUT2D eigenvalue weighted by molar-refractivity contribution is 9.10. The number of nitrogens with one attached hydrogen (secondary N) is 1. The first kappa shape index (κ1) is 13.8. The van der Waals surface area contributed by atoms with E-state index < -0.39 is 0 Å². The van der Waals surface area contributed by atoms with Gasteiger partial charge in [0.25, 0.3) is 0 Å². The number of nitrogens with zero attached hydrogens (tertiary/aromatic N) is 2. The summed E-state index contributed by atoms with van der Waals surface area (Å²) in [5.41, 5.74) is 0.970. The van der Waals surface area contributed by atoms with Crippen molar-refractivity contribution < 1.29 is 4.39 Å². The summed E-state index contributed by atoms with van der Waals surface area (Å²) in [5, 5.41) is 12.4. The van der Waals surface area contributed by atoms with E-state index in [2.05, 4.69) is 33.1 Å². The Morgan fingerprint density at radius 3 is 3.00 bits per heavy atom. The molecule has 2 aliphatic rings. The van der Waals surface area contributed by atoms with Crippen molar-refractivity contribution in [3.63, 3.8) is 0 Å². The van der Waals surface area contributed by atoms with E-state index in [0.29, 0.717) is 29.1 Å². The van der Waals surface area contributed by atoms with Gasteiger partial charge in [0.05, 0.1) is 15.7 Å². The predicted octanol–water partition coefficient (Wildman–Crippen LogP) is 2.89. The molecule has 106 valence electrons. The van der Waals surface area contributed by atoms with Crippen LogP contribution in [0, 0.1) is 29.0 Å². The van der Waals surface area contributed by atoms with Crippen molar-refractivity contribution in [2.75, 3.05) is 24.5 Å². The first-order chi connectivity index (χ1) is 9.67. The molecule has 2 saturated heterocycles. The van der Waals surface area contributed by atoms with Crippen LogP contribution >= 0.6 is 15.9 Å². The van der Waals surface area contributed by atoms with Gasteiger partial charge < -0.3 is 10.2 Å². The van der Waals surface area contributed by atoms with Crippen LogP contribution in [0.5, 0.6) is 0 Å². The molecule has 1 N–H and O–H groups in total. The molecule has 0 aliphatic carbocycles. The third-order valence-corrected chi connectivity index (χ3v) is 5.40. The topological polar surface area (TPSA) is 39.1 Å². The fourth-order valence-electron chi connectivity index (χ4n) is 3.67. The Kier molecular flexibility index (Phi) is 3.70. The molecular formula is C15H17BrFN3. The number of hydrogen-bond donors (Lipinski definition) is 1. The van der Waals surface area contributed by atoms with E-state index in [4.69, 9.17) is 5.26 Å². The fraction of sp³-hybridized carbons (Fsp3) is 0.533. The number of halogens is 2. The van der Waals surface area contributed by atoms with Gasteiger partial charge in [-0.05, 0) is 46.3 Å². The number of anilines is 1. The van der Waals surface area contributed by atoms with E-state index in [0.717, 1.165) is 26.1 Å². The van der Waals surface area contributed by atoms with Gasteiger partial charge in [0.2, 0.25) is 0 Å². The minimum atomic E-state index is -0.310. The zero-order chi connectivity index (χ0) is 14.3. The molecule has 2 heterocycles. The second-order valence-corrected chi connectivity index (χ2v) is 6.38. The minimum absolute atomic E-state index is 0.280. The standard InChI is InChI=1S/C15H17BrFN3/c1-2-12-11-7-19-6-10(11)8-20(12)13-4-3-9(5-18)14(16)15(13)17/h3-4,10-12,19H,2,6-8H2,1H3. The number of rotatable bonds is 2. The van der Waals surface area contributed by atoms with Crippen molar-refractivity contribution in [2.45, 2.75) is 19.4 Å². The van der Waals surface area contributed by atoms with E-state index in [-0.39, 0.29) is 10.3 Å². The van der Waals surface area contributed by atoms with Gasteiger partial charge in [-0.25, -0.2) is 4.39 Å². The Hall–Kier alpha value is -1.12. The van der Waals surface area contributed by atoms with E-state index in [1.807, 2.05) is 6.07 Å². The van der Waals surface area contributed by atoms with E-state index in [1.54, 1.807) is 12.1 Å². The molecule has 0 bridgehead atoms. The number of nitriles is 1. The van der Waals surface area contributed by atoms with Gasteiger partial charge in [0, 0.05) is 25.7 Å². The molecule has 0 saturated carbocycles. The van der Waals surface area contributed by atoms with Crippen molar-refractivity contribution in [3.05, 3.63) is 28.0 Å². The summed E-state index contributed by atoms with van der Waals surface area (Å²) in [6, 6.07) is 5.82. The van der Waals surface area contributed by atoms with E-state index >= 15 is 0 Å². The lowest BCUT2D eigenvalue weighted by molar-refractivity contribution is 0.440. The largest absolute Gasteiger partial charge is 0.365 e. The highest BCUT2D eigenvalue weighted by Crippen LogP contribution is 2.40. The SMILES string of the molecule is CCC1C2CNCC2CN1c1ccc(C#N)c(Br)c1F. The number of fused-ring (bicyclic) bond motifs is 1. The average molecular weight is 338 g/mol. The highest BCUT2D eigenvalue weighted by atomic mass is 79.9. The summed E-state index contributed by atoms with van der Waals surface area (Å²) in [4.78, 5) is 2.19. The van der Waals surface area contributed by atoms with Crippen LogP contribution in [0.2, 0.25) is 0 Å². The van der Waals surface area contributed by atoms with Crippen molar-refractivity contribution in [1.29, 1.82) is 5.26 Å². The summed E-state index contributed by atoms with van der Waals surface area (Å²) >= 11 is 3.20. The summed E-state index contributed by atoms with van der Waals surface area (Å²) in [6.45, 7) is 5.11. The van der Waals surface area contributed by atoms with Gasteiger partial charge in [-0.1, -0.05) is 6.92 Å². The van der Waals surface area contributed by atoms with Crippen LogP contribution in [-0.4, -0.2) is 25.7 Å². The van der Waals surface area contributed by atoms with Gasteiger partial charge in [-0.15, -0.1) is 0 Å². The minimum Gasteiger partial charge on any atom is -0.365 e. The van der Waals surface area contributed by atoms with Crippen molar-refractivity contribution in [1.82, 2.24) is 5.32 Å². The first-order valence-corrected chi connectivity index (χ1v) is 7.82. The molecular weight excluding hydrogens is 321 g/mol. The van der Waals surface area contributed by atoms with Crippen molar-refractivity contribution in [3.8, 4) is 6.07 Å². The normalized spacial score (nSPS) is 28.5. The maximum Gasteiger partial charge on any atom is 0.161 e. The van der Waals surface area contributed by atoms with Crippen LogP contribution < -0.4 is 10.2 Å². The molecule has 0 amide bonds. The van der Waals surface area contributed by atoms with Crippen LogP contribution in [0.3, 0.4) is 0 Å². The monoisotopic (exact) mass is 337 g/mol. The lowest BCUT2D eigenvalue weighted by atomic mass is 9.93. The molecule has 3 atom stereocenters. The quantitative estimate of drug-likeness (QED) is 0.901. The average Bonchev–Trinajstić information content (AvgIpc) is 3.02. The second-order valence-electron chi connectivity index (χ2n) is 5.58. The van der Waals surface area contributed by atoms with Crippen molar-refractivity contribution >= 4 is 21.6 Å². The van der Waals surface area contributed by atoms with Gasteiger partial charge >= 0.3 is 0 Å². The van der Waals surface area contributed by atoms with Gasteiger partial charge in [-0.2, -0.15) is 5.26 Å². The Morgan fingerprint density at radius 1 is 1.50 bits per heavy atom. The smallest absolute Gasteiger partial charge is 0.161 e. The molecule has 0 aromatic heterocycles. The summed E-state index contributed by atoms with van der Waals surface area (Å²) in [7, 11) is 0. The molecule has 2 aliphatic heterocycles. The van der Waals surface area contributed by atoms with Gasteiger partial charge in [0.15, 0.2) is 5.82 Å². The second kappa shape index (κ2) is 5.34. The molecule has 1 aromatic rings. The van der Waals surface area contributed by atoms with Gasteiger partial charge in [0.1, 0.15) is 6.07 Å². The maximum atomic E-state index is 14.5. The van der Waals surface area contributed by atoms with Crippen LogP contribution in [0.25, 0.3) is 0 Å². The molecule has 3 nitrogen and oxygen atoms in total. The van der Waals surface area contributed by atoms with E-state index in [1.165, 1.54) is 0 Å². The lowest BCUT2D eigenvalue weighted by Gasteiger charge is -2.29. The molecule has 0 spiro atoms. The van der Waals surface area contributed by atoms with Gasteiger partial charge in [-0.3, -0.25) is 0 Å². The Labute approximate surface area is 126 Å². The number of benzene rings is 1. The predicted molar refractivity (Wildman–Crippen MR) is 80.1 cm³/mol. The fourth-order valence-corrected chi connectivity index (χ4v) is 4.09. The molecule has 20 heavy (non-hydrogen) atoms. The molecule has 0 radical (unpaired) electrons. The number of hydrogen-bond acceptors (Lipinski definition) is 3. The summed E-state index contributed by atoms with van der Waals surface area (Å²) in [6.07, 6.45) is 1.01. The molecule has 3 rings (SSSR count). The molecule has 1 aromatic carbocycles. The highest BCUT2D eigenvalue weighted by Gasteiger charge is 2.44. The van der Waals surface area contributed by atoms with Crippen LogP contribution in [0.4, 0.5) is 10.1 Å². The molecule has 5 heteroatoms. The van der Waals surface area contributed by atoms with Crippen LogP contribution in [-0.2, 0) is 0 Å². The third-order valence-electron chi connectivity index (χ3n) is 4.63. The van der Waals surface area contributed by atoms with Crippen LogP contribution in [0.1, 0.15) is 18.9 Å². The third kappa shape index (κ3) is 2.02. The first-order valence-electron chi connectivity index (χ1n) is 7.02.